The van der Waals surface area contributed by atoms with Gasteiger partial charge in [-0.1, -0.05) is 30.3 Å². The molecule has 0 radical (unpaired) electrons. The summed E-state index contributed by atoms with van der Waals surface area (Å²) in [5, 5.41) is 12.3. The molecule has 29 heavy (non-hydrogen) atoms. The van der Waals surface area contributed by atoms with Crippen LogP contribution in [0.5, 0.6) is 0 Å². The van der Waals surface area contributed by atoms with Crippen LogP contribution in [0, 0.1) is 6.92 Å². The van der Waals surface area contributed by atoms with Crippen LogP contribution in [0.1, 0.15) is 21.7 Å². The lowest BCUT2D eigenvalue weighted by atomic mass is 10.1. The molecule has 0 bridgehead atoms. The summed E-state index contributed by atoms with van der Waals surface area (Å²) in [4.78, 5) is 28.2. The molecule has 1 aliphatic rings. The summed E-state index contributed by atoms with van der Waals surface area (Å²) in [6.45, 7) is 1.96. The van der Waals surface area contributed by atoms with Crippen LogP contribution in [0.2, 0.25) is 0 Å². The first-order valence-electron chi connectivity index (χ1n) is 8.78. The highest BCUT2D eigenvalue weighted by molar-refractivity contribution is 8.18. The Morgan fingerprint density at radius 3 is 2.59 bits per heavy atom. The SMILES string of the molecule is Cc1ccccc1N=C1NC(=O)/C(=C/c2ccc(-c3ccc(C(=O)O)cc3)o2)S1. The fourth-order valence-electron chi connectivity index (χ4n) is 2.77. The van der Waals surface area contributed by atoms with Gasteiger partial charge in [0, 0.05) is 11.6 Å². The monoisotopic (exact) mass is 404 g/mol. The van der Waals surface area contributed by atoms with Crippen molar-refractivity contribution in [3.63, 3.8) is 0 Å². The molecule has 0 aliphatic carbocycles. The molecule has 1 fully saturated rings. The first kappa shape index (κ1) is 18.8. The molecule has 1 saturated heterocycles. The van der Waals surface area contributed by atoms with Crippen LogP contribution in [-0.4, -0.2) is 22.2 Å². The molecule has 0 saturated carbocycles. The number of hydrogen-bond acceptors (Lipinski definition) is 5. The van der Waals surface area contributed by atoms with Gasteiger partial charge in [0.25, 0.3) is 5.91 Å². The van der Waals surface area contributed by atoms with Crippen molar-refractivity contribution in [1.82, 2.24) is 5.32 Å². The van der Waals surface area contributed by atoms with E-state index in [-0.39, 0.29) is 11.5 Å². The maximum absolute atomic E-state index is 12.3. The summed E-state index contributed by atoms with van der Waals surface area (Å²) in [7, 11) is 0. The summed E-state index contributed by atoms with van der Waals surface area (Å²) in [5.41, 5.74) is 2.80. The summed E-state index contributed by atoms with van der Waals surface area (Å²) in [6.07, 6.45) is 1.66. The van der Waals surface area contributed by atoms with Crippen LogP contribution < -0.4 is 5.32 Å². The van der Waals surface area contributed by atoms with Crippen LogP contribution in [0.3, 0.4) is 0 Å². The second-order valence-electron chi connectivity index (χ2n) is 6.35. The van der Waals surface area contributed by atoms with Crippen molar-refractivity contribution >= 4 is 40.6 Å². The van der Waals surface area contributed by atoms with Gasteiger partial charge in [0.1, 0.15) is 11.5 Å². The van der Waals surface area contributed by atoms with Crippen molar-refractivity contribution in [3.8, 4) is 11.3 Å². The van der Waals surface area contributed by atoms with Crippen molar-refractivity contribution in [3.05, 3.63) is 82.5 Å². The number of benzene rings is 2. The number of carboxylic acids is 1. The number of para-hydroxylation sites is 1. The van der Waals surface area contributed by atoms with E-state index in [0.717, 1.165) is 16.8 Å². The van der Waals surface area contributed by atoms with Gasteiger partial charge in [-0.3, -0.25) is 4.79 Å². The molecule has 1 aromatic heterocycles. The number of rotatable bonds is 4. The van der Waals surface area contributed by atoms with E-state index in [4.69, 9.17) is 9.52 Å². The Morgan fingerprint density at radius 2 is 1.86 bits per heavy atom. The number of carbonyl (C=O) groups is 2. The van der Waals surface area contributed by atoms with Gasteiger partial charge in [-0.2, -0.15) is 0 Å². The third-order valence-electron chi connectivity index (χ3n) is 4.30. The molecule has 4 rings (SSSR count). The maximum Gasteiger partial charge on any atom is 0.335 e. The molecule has 144 valence electrons. The van der Waals surface area contributed by atoms with Gasteiger partial charge < -0.3 is 14.8 Å². The number of amides is 1. The molecule has 0 atom stereocenters. The smallest absolute Gasteiger partial charge is 0.335 e. The molecule has 2 N–H and O–H groups in total. The number of nitrogens with zero attached hydrogens (tertiary/aromatic N) is 1. The van der Waals surface area contributed by atoms with Gasteiger partial charge in [-0.15, -0.1) is 0 Å². The third kappa shape index (κ3) is 4.14. The fraction of sp³-hybridized carbons (Fsp3) is 0.0455. The zero-order valence-corrected chi connectivity index (χ0v) is 16.2. The van der Waals surface area contributed by atoms with Gasteiger partial charge in [-0.05, 0) is 54.6 Å². The normalized spacial score (nSPS) is 16.4. The van der Waals surface area contributed by atoms with Crippen LogP contribution >= 0.6 is 11.8 Å². The van der Waals surface area contributed by atoms with E-state index in [2.05, 4.69) is 10.3 Å². The highest BCUT2D eigenvalue weighted by atomic mass is 32.2. The summed E-state index contributed by atoms with van der Waals surface area (Å²) >= 11 is 1.25. The Balaban J connectivity index is 1.54. The second kappa shape index (κ2) is 7.81. The van der Waals surface area contributed by atoms with Crippen LogP contribution in [0.25, 0.3) is 17.4 Å². The molecule has 0 spiro atoms. The molecular formula is C22H16N2O4S. The highest BCUT2D eigenvalue weighted by Gasteiger charge is 2.24. The Hall–Kier alpha value is -3.58. The number of furan rings is 1. The standard InChI is InChI=1S/C22H16N2O4S/c1-13-4-2-3-5-17(13)23-22-24-20(25)19(29-22)12-16-10-11-18(28-16)14-6-8-15(9-7-14)21(26)27/h2-12H,1H3,(H,26,27)(H,23,24,25)/b19-12-. The second-order valence-corrected chi connectivity index (χ2v) is 7.38. The summed E-state index contributed by atoms with van der Waals surface area (Å²) in [5.74, 6) is -0.0944. The van der Waals surface area contributed by atoms with Crippen molar-refractivity contribution < 1.29 is 19.1 Å². The van der Waals surface area contributed by atoms with Crippen LogP contribution in [-0.2, 0) is 4.79 Å². The van der Waals surface area contributed by atoms with Crippen molar-refractivity contribution in [2.24, 2.45) is 4.99 Å². The molecule has 7 heteroatoms. The molecule has 2 aromatic carbocycles. The number of aliphatic imine (C=N–C) groups is 1. The number of carbonyl (C=O) groups excluding carboxylic acids is 1. The zero-order valence-electron chi connectivity index (χ0n) is 15.4. The number of aryl methyl sites for hydroxylation is 1. The molecular weight excluding hydrogens is 388 g/mol. The van der Waals surface area contributed by atoms with E-state index < -0.39 is 5.97 Å². The molecule has 0 unspecified atom stereocenters. The Kier molecular flexibility index (Phi) is 5.05. The number of amidine groups is 1. The molecule has 1 amide bonds. The fourth-order valence-corrected chi connectivity index (χ4v) is 3.59. The van der Waals surface area contributed by atoms with E-state index in [0.29, 0.717) is 21.6 Å². The lowest BCUT2D eigenvalue weighted by Gasteiger charge is -1.99. The van der Waals surface area contributed by atoms with E-state index in [1.165, 1.54) is 23.9 Å². The minimum absolute atomic E-state index is 0.210. The van der Waals surface area contributed by atoms with Gasteiger partial charge >= 0.3 is 5.97 Å². The minimum atomic E-state index is -0.978. The zero-order chi connectivity index (χ0) is 20.4. The largest absolute Gasteiger partial charge is 0.478 e. The number of thioether (sulfide) groups is 1. The first-order valence-corrected chi connectivity index (χ1v) is 9.60. The topological polar surface area (TPSA) is 91.9 Å². The summed E-state index contributed by atoms with van der Waals surface area (Å²) < 4.78 is 5.80. The van der Waals surface area contributed by atoms with Crippen LogP contribution in [0.4, 0.5) is 5.69 Å². The number of hydrogen-bond donors (Lipinski definition) is 2. The predicted molar refractivity (Wildman–Crippen MR) is 113 cm³/mol. The highest BCUT2D eigenvalue weighted by Crippen LogP contribution is 2.30. The minimum Gasteiger partial charge on any atom is -0.478 e. The first-order chi connectivity index (χ1) is 14.0. The summed E-state index contributed by atoms with van der Waals surface area (Å²) in [6, 6.07) is 17.6. The van der Waals surface area contributed by atoms with Gasteiger partial charge in [0.05, 0.1) is 16.2 Å². The van der Waals surface area contributed by atoms with Crippen molar-refractivity contribution in [2.75, 3.05) is 0 Å². The Morgan fingerprint density at radius 1 is 1.10 bits per heavy atom. The van der Waals surface area contributed by atoms with Crippen molar-refractivity contribution in [2.45, 2.75) is 6.92 Å². The Bertz CT molecular complexity index is 1160. The Labute approximate surface area is 171 Å². The average Bonchev–Trinajstić information content (AvgIpc) is 3.31. The predicted octanol–water partition coefficient (Wildman–Crippen LogP) is 4.84. The van der Waals surface area contributed by atoms with Gasteiger partial charge in [0.15, 0.2) is 5.17 Å². The van der Waals surface area contributed by atoms with E-state index >= 15 is 0 Å². The van der Waals surface area contributed by atoms with Crippen LogP contribution in [0.15, 0.2) is 75.0 Å². The quantitative estimate of drug-likeness (QED) is 0.607. The van der Waals surface area contributed by atoms with E-state index in [1.54, 1.807) is 30.3 Å². The lowest BCUT2D eigenvalue weighted by Crippen LogP contribution is -2.19. The molecule has 2 heterocycles. The van der Waals surface area contributed by atoms with Gasteiger partial charge in [0.2, 0.25) is 0 Å². The maximum atomic E-state index is 12.3. The third-order valence-corrected chi connectivity index (χ3v) is 5.21. The van der Waals surface area contributed by atoms with E-state index in [1.807, 2.05) is 31.2 Å². The molecule has 3 aromatic rings. The number of aromatic carboxylic acids is 1. The lowest BCUT2D eigenvalue weighted by molar-refractivity contribution is -0.115. The average molecular weight is 404 g/mol. The van der Waals surface area contributed by atoms with Gasteiger partial charge in [-0.25, -0.2) is 9.79 Å². The van der Waals surface area contributed by atoms with Crippen molar-refractivity contribution in [1.29, 1.82) is 0 Å². The molecule has 1 aliphatic heterocycles. The number of nitrogens with one attached hydrogen (secondary N) is 1. The molecule has 6 nitrogen and oxygen atoms in total. The van der Waals surface area contributed by atoms with E-state index in [9.17, 15) is 9.59 Å². The number of carboxylic acid groups (broad SMARTS) is 1.